The second-order valence-corrected chi connectivity index (χ2v) is 11.8. The largest absolute Gasteiger partial charge is 0.491 e. The molecule has 0 aliphatic carbocycles. The number of carboxylic acids is 2. The van der Waals surface area contributed by atoms with E-state index in [-0.39, 0.29) is 28.1 Å². The summed E-state index contributed by atoms with van der Waals surface area (Å²) in [6, 6.07) is 10.3. The summed E-state index contributed by atoms with van der Waals surface area (Å²) in [4.78, 5) is 59.3. The van der Waals surface area contributed by atoms with E-state index in [1.807, 2.05) is 44.2 Å². The molecule has 1 saturated heterocycles. The van der Waals surface area contributed by atoms with Crippen molar-refractivity contribution in [3.8, 4) is 5.75 Å². The standard InChI is InChI=1S/C17H24N2O5.C15H17Cl2NO5/c1-11(2)9-14(15(20)18-12(3)16(21)22)19-17(23)24-10-13-7-5-4-6-8-13;16-11-1-2-12(14(17)13(11)10(9-19)15(20)21)23-8-5-18-3-6-22-7-4-18/h4-8,11-12,14H,9-10H2,1-3H3,(H,18,20)(H,19,23)(H,21,22);1-2,9-10H,3-8H2,(H,20,21)/t12-,14-;/m0./s1. The van der Waals surface area contributed by atoms with Gasteiger partial charge in [-0.3, -0.25) is 19.3 Å². The van der Waals surface area contributed by atoms with Gasteiger partial charge >= 0.3 is 18.0 Å². The molecular formula is C32H41Cl2N3O10. The van der Waals surface area contributed by atoms with Crippen LogP contribution in [0.1, 0.15) is 44.2 Å². The molecule has 0 radical (unpaired) electrons. The van der Waals surface area contributed by atoms with Gasteiger partial charge in [0.1, 0.15) is 43.3 Å². The molecule has 2 aromatic rings. The number of benzene rings is 2. The summed E-state index contributed by atoms with van der Waals surface area (Å²) in [5.74, 6) is -3.97. The predicted molar refractivity (Wildman–Crippen MR) is 174 cm³/mol. The number of carboxylic acid groups (broad SMARTS) is 2. The van der Waals surface area contributed by atoms with Gasteiger partial charge in [0.25, 0.3) is 0 Å². The quantitative estimate of drug-likeness (QED) is 0.156. The van der Waals surface area contributed by atoms with Crippen LogP contribution >= 0.6 is 23.2 Å². The van der Waals surface area contributed by atoms with Crippen molar-refractivity contribution in [2.24, 2.45) is 5.92 Å². The molecule has 2 amide bonds. The van der Waals surface area contributed by atoms with Gasteiger partial charge in [0.15, 0.2) is 0 Å². The lowest BCUT2D eigenvalue weighted by atomic mass is 10.0. The van der Waals surface area contributed by atoms with Crippen LogP contribution in [-0.4, -0.2) is 96.9 Å². The average molecular weight is 699 g/mol. The Bertz CT molecular complexity index is 1340. The van der Waals surface area contributed by atoms with Gasteiger partial charge in [-0.05, 0) is 37.0 Å². The summed E-state index contributed by atoms with van der Waals surface area (Å²) < 4.78 is 16.0. The Morgan fingerprint density at radius 2 is 1.64 bits per heavy atom. The molecular weight excluding hydrogens is 657 g/mol. The van der Waals surface area contributed by atoms with E-state index >= 15 is 0 Å². The van der Waals surface area contributed by atoms with Gasteiger partial charge in [-0.2, -0.15) is 0 Å². The molecule has 0 aromatic heterocycles. The lowest BCUT2D eigenvalue weighted by Crippen LogP contribution is -2.51. The molecule has 1 fully saturated rings. The number of aliphatic carboxylic acids is 2. The fraction of sp³-hybridized carbons (Fsp3) is 0.469. The number of aldehydes is 1. The van der Waals surface area contributed by atoms with Gasteiger partial charge in [0.2, 0.25) is 5.91 Å². The molecule has 3 atom stereocenters. The normalized spacial score (nSPS) is 14.9. The lowest BCUT2D eigenvalue weighted by molar-refractivity contribution is -0.141. The molecule has 47 heavy (non-hydrogen) atoms. The van der Waals surface area contributed by atoms with Crippen molar-refractivity contribution in [2.75, 3.05) is 39.5 Å². The Morgan fingerprint density at radius 3 is 2.21 bits per heavy atom. The topological polar surface area (TPSA) is 181 Å². The minimum Gasteiger partial charge on any atom is -0.491 e. The maximum atomic E-state index is 12.2. The van der Waals surface area contributed by atoms with E-state index < -0.39 is 41.9 Å². The number of ether oxygens (including phenoxy) is 3. The predicted octanol–water partition coefficient (Wildman–Crippen LogP) is 3.99. The van der Waals surface area contributed by atoms with Crippen LogP contribution in [0.25, 0.3) is 0 Å². The summed E-state index contributed by atoms with van der Waals surface area (Å²) >= 11 is 12.2. The van der Waals surface area contributed by atoms with Crippen molar-refractivity contribution in [1.82, 2.24) is 15.5 Å². The van der Waals surface area contributed by atoms with Crippen molar-refractivity contribution in [3.63, 3.8) is 0 Å². The highest BCUT2D eigenvalue weighted by atomic mass is 35.5. The summed E-state index contributed by atoms with van der Waals surface area (Å²) in [5.41, 5.74) is 0.886. The zero-order chi connectivity index (χ0) is 34.9. The highest BCUT2D eigenvalue weighted by molar-refractivity contribution is 6.37. The molecule has 1 aliphatic rings. The Hall–Kier alpha value is -3.91. The molecule has 15 heteroatoms. The van der Waals surface area contributed by atoms with Gasteiger partial charge in [0, 0.05) is 30.2 Å². The number of carbonyl (C=O) groups is 5. The van der Waals surface area contributed by atoms with E-state index in [9.17, 15) is 24.0 Å². The zero-order valence-electron chi connectivity index (χ0n) is 26.4. The Kier molecular flexibility index (Phi) is 17.0. The molecule has 4 N–H and O–H groups in total. The monoisotopic (exact) mass is 697 g/mol. The smallest absolute Gasteiger partial charge is 0.408 e. The zero-order valence-corrected chi connectivity index (χ0v) is 28.0. The minimum absolute atomic E-state index is 0.0546. The SMILES string of the molecule is CC(C)C[C@H](NC(=O)OCc1ccccc1)C(=O)N[C@@H](C)C(=O)O.O=CC(C(=O)O)c1c(Cl)ccc(OCCN2CCOCC2)c1Cl. The Morgan fingerprint density at radius 1 is 0.979 bits per heavy atom. The van der Waals surface area contributed by atoms with Crippen LogP contribution in [0.3, 0.4) is 0 Å². The van der Waals surface area contributed by atoms with Crippen molar-refractivity contribution in [3.05, 3.63) is 63.6 Å². The first-order chi connectivity index (χ1) is 22.3. The van der Waals surface area contributed by atoms with E-state index in [4.69, 9.17) is 47.6 Å². The Labute approximate surface area is 283 Å². The van der Waals surface area contributed by atoms with Crippen LogP contribution in [0.5, 0.6) is 5.75 Å². The number of amides is 2. The first kappa shape index (κ1) is 39.3. The van der Waals surface area contributed by atoms with E-state index in [1.165, 1.54) is 13.0 Å². The highest BCUT2D eigenvalue weighted by Gasteiger charge is 2.27. The summed E-state index contributed by atoms with van der Waals surface area (Å²) in [6.45, 7) is 9.43. The van der Waals surface area contributed by atoms with Gasteiger partial charge in [-0.1, -0.05) is 67.4 Å². The van der Waals surface area contributed by atoms with Crippen molar-refractivity contribution >= 4 is 53.4 Å². The number of nitrogens with zero attached hydrogens (tertiary/aromatic N) is 1. The fourth-order valence-electron chi connectivity index (χ4n) is 4.29. The number of hydrogen-bond donors (Lipinski definition) is 4. The van der Waals surface area contributed by atoms with E-state index in [1.54, 1.807) is 6.07 Å². The number of halogens is 2. The third-order valence-corrected chi connectivity index (χ3v) is 7.55. The molecule has 0 spiro atoms. The third kappa shape index (κ3) is 13.8. The number of carbonyl (C=O) groups excluding carboxylic acids is 3. The highest BCUT2D eigenvalue weighted by Crippen LogP contribution is 2.37. The number of nitrogens with one attached hydrogen (secondary N) is 2. The second kappa shape index (κ2) is 20.4. The van der Waals surface area contributed by atoms with Gasteiger partial charge in [-0.15, -0.1) is 0 Å². The molecule has 1 unspecified atom stereocenters. The lowest BCUT2D eigenvalue weighted by Gasteiger charge is -2.26. The molecule has 3 rings (SSSR count). The molecule has 258 valence electrons. The molecule has 1 aliphatic heterocycles. The van der Waals surface area contributed by atoms with Gasteiger partial charge in [-0.25, -0.2) is 4.79 Å². The number of hydrogen-bond acceptors (Lipinski definition) is 9. The van der Waals surface area contributed by atoms with Crippen LogP contribution < -0.4 is 15.4 Å². The Balaban J connectivity index is 0.000000327. The second-order valence-electron chi connectivity index (χ2n) is 11.0. The summed E-state index contributed by atoms with van der Waals surface area (Å²) in [5, 5.41) is 23.0. The molecule has 13 nitrogen and oxygen atoms in total. The first-order valence-electron chi connectivity index (χ1n) is 14.9. The average Bonchev–Trinajstić information content (AvgIpc) is 3.03. The van der Waals surface area contributed by atoms with Crippen molar-refractivity contribution < 1.29 is 48.4 Å². The number of alkyl carbamates (subject to hydrolysis) is 1. The van der Waals surface area contributed by atoms with Crippen LogP contribution in [0.15, 0.2) is 42.5 Å². The molecule has 0 bridgehead atoms. The van der Waals surface area contributed by atoms with Crippen LogP contribution in [0, 0.1) is 5.92 Å². The number of rotatable bonds is 15. The van der Waals surface area contributed by atoms with Gasteiger partial charge < -0.3 is 39.9 Å². The van der Waals surface area contributed by atoms with Crippen molar-refractivity contribution in [2.45, 2.75) is 51.8 Å². The van der Waals surface area contributed by atoms with Gasteiger partial charge in [0.05, 0.1) is 18.2 Å². The summed E-state index contributed by atoms with van der Waals surface area (Å²) in [7, 11) is 0. The third-order valence-electron chi connectivity index (χ3n) is 6.83. The molecule has 1 heterocycles. The van der Waals surface area contributed by atoms with E-state index in [0.717, 1.165) is 18.7 Å². The van der Waals surface area contributed by atoms with Crippen LogP contribution in [0.4, 0.5) is 4.79 Å². The maximum absolute atomic E-state index is 12.2. The number of morpholine rings is 1. The van der Waals surface area contributed by atoms with E-state index in [0.29, 0.717) is 44.8 Å². The minimum atomic E-state index is -1.42. The van der Waals surface area contributed by atoms with E-state index in [2.05, 4.69) is 15.5 Å². The summed E-state index contributed by atoms with van der Waals surface area (Å²) in [6.07, 6.45) is -0.0476. The van der Waals surface area contributed by atoms with Crippen molar-refractivity contribution in [1.29, 1.82) is 0 Å². The fourth-order valence-corrected chi connectivity index (χ4v) is 4.95. The first-order valence-corrected chi connectivity index (χ1v) is 15.7. The van der Waals surface area contributed by atoms with Crippen LogP contribution in [-0.2, 0) is 35.3 Å². The maximum Gasteiger partial charge on any atom is 0.408 e. The molecule has 2 aromatic carbocycles. The van der Waals surface area contributed by atoms with Crippen LogP contribution in [0.2, 0.25) is 10.0 Å². The molecule has 0 saturated carbocycles.